The standard InChI is InChI=1S/C13H15BrN4S/c14-12-2-1-10(19-12)9-7-18(17-16-9)11-5-8-3-4-13(11,15)6-8/h1-2,7-8,11H,3-6,15H2/t8-,11-,13+/m1/s1. The van der Waals surface area contributed by atoms with E-state index < -0.39 is 0 Å². The van der Waals surface area contributed by atoms with Gasteiger partial charge < -0.3 is 5.73 Å². The lowest BCUT2D eigenvalue weighted by molar-refractivity contribution is 0.260. The van der Waals surface area contributed by atoms with Crippen LogP contribution in [0.1, 0.15) is 31.7 Å². The highest BCUT2D eigenvalue weighted by atomic mass is 79.9. The van der Waals surface area contributed by atoms with E-state index in [0.29, 0.717) is 6.04 Å². The third-order valence-corrected chi connectivity index (χ3v) is 6.21. The molecule has 6 heteroatoms. The molecule has 2 fully saturated rings. The Labute approximate surface area is 124 Å². The molecule has 0 aromatic carbocycles. The summed E-state index contributed by atoms with van der Waals surface area (Å²) >= 11 is 5.16. The molecule has 2 bridgehead atoms. The van der Waals surface area contributed by atoms with Crippen molar-refractivity contribution in [1.29, 1.82) is 0 Å². The van der Waals surface area contributed by atoms with E-state index in [0.717, 1.165) is 39.5 Å². The number of halogens is 1. The first-order chi connectivity index (χ1) is 9.14. The second kappa shape index (κ2) is 4.14. The van der Waals surface area contributed by atoms with Crippen LogP contribution in [-0.2, 0) is 0 Å². The Morgan fingerprint density at radius 3 is 3.00 bits per heavy atom. The van der Waals surface area contributed by atoms with Gasteiger partial charge in [0.25, 0.3) is 0 Å². The molecular formula is C13H15BrN4S. The van der Waals surface area contributed by atoms with Crippen LogP contribution in [0.15, 0.2) is 22.1 Å². The summed E-state index contributed by atoms with van der Waals surface area (Å²) in [5.74, 6) is 0.790. The summed E-state index contributed by atoms with van der Waals surface area (Å²) in [4.78, 5) is 1.15. The summed E-state index contributed by atoms with van der Waals surface area (Å²) in [6.45, 7) is 0. The molecule has 2 N–H and O–H groups in total. The maximum atomic E-state index is 6.53. The van der Waals surface area contributed by atoms with E-state index in [-0.39, 0.29) is 5.54 Å². The van der Waals surface area contributed by atoms with Gasteiger partial charge in [-0.15, -0.1) is 16.4 Å². The van der Waals surface area contributed by atoms with Crippen molar-refractivity contribution in [2.75, 3.05) is 0 Å². The van der Waals surface area contributed by atoms with Crippen LogP contribution >= 0.6 is 27.3 Å². The predicted molar refractivity (Wildman–Crippen MR) is 78.9 cm³/mol. The Kier molecular flexibility index (Phi) is 2.62. The highest BCUT2D eigenvalue weighted by molar-refractivity contribution is 9.11. The zero-order valence-corrected chi connectivity index (χ0v) is 12.8. The van der Waals surface area contributed by atoms with E-state index in [1.807, 2.05) is 10.7 Å². The van der Waals surface area contributed by atoms with Crippen LogP contribution in [0.3, 0.4) is 0 Å². The van der Waals surface area contributed by atoms with Crippen molar-refractivity contribution in [2.24, 2.45) is 11.7 Å². The summed E-state index contributed by atoms with van der Waals surface area (Å²) in [7, 11) is 0. The van der Waals surface area contributed by atoms with Crippen molar-refractivity contribution in [3.8, 4) is 10.6 Å². The first-order valence-corrected chi connectivity index (χ1v) is 8.21. The van der Waals surface area contributed by atoms with Crippen molar-refractivity contribution < 1.29 is 0 Å². The van der Waals surface area contributed by atoms with Crippen molar-refractivity contribution >= 4 is 27.3 Å². The number of nitrogens with two attached hydrogens (primary N) is 1. The molecule has 2 heterocycles. The fourth-order valence-electron chi connectivity index (χ4n) is 3.63. The van der Waals surface area contributed by atoms with Gasteiger partial charge in [0.1, 0.15) is 5.69 Å². The summed E-state index contributed by atoms with van der Waals surface area (Å²) in [5.41, 5.74) is 7.43. The SMILES string of the molecule is N[C@]12CC[C@H](C[C@H]1n1cc(-c3ccc(Br)s3)nn1)C2. The quantitative estimate of drug-likeness (QED) is 0.914. The molecule has 2 aliphatic carbocycles. The number of hydrogen-bond acceptors (Lipinski definition) is 4. The molecular weight excluding hydrogens is 324 g/mol. The molecule has 0 saturated heterocycles. The molecule has 19 heavy (non-hydrogen) atoms. The van der Waals surface area contributed by atoms with E-state index in [1.54, 1.807) is 11.3 Å². The number of aromatic nitrogens is 3. The van der Waals surface area contributed by atoms with Crippen molar-refractivity contribution in [3.63, 3.8) is 0 Å². The first kappa shape index (κ1) is 12.1. The molecule has 100 valence electrons. The monoisotopic (exact) mass is 338 g/mol. The normalized spacial score (nSPS) is 33.2. The Bertz CT molecular complexity index is 622. The minimum atomic E-state index is -0.0499. The van der Waals surface area contributed by atoms with Gasteiger partial charge in [-0.2, -0.15) is 0 Å². The highest BCUT2D eigenvalue weighted by Gasteiger charge is 2.50. The van der Waals surface area contributed by atoms with Crippen LogP contribution in [0.25, 0.3) is 10.6 Å². The van der Waals surface area contributed by atoms with E-state index in [4.69, 9.17) is 5.73 Å². The summed E-state index contributed by atoms with van der Waals surface area (Å²) in [5, 5.41) is 8.63. The largest absolute Gasteiger partial charge is 0.323 e. The molecule has 0 radical (unpaired) electrons. The summed E-state index contributed by atoms with van der Waals surface area (Å²) < 4.78 is 3.12. The average Bonchev–Trinajstić information content (AvgIpc) is 3.08. The molecule has 4 rings (SSSR count). The van der Waals surface area contributed by atoms with Crippen molar-refractivity contribution in [2.45, 2.75) is 37.3 Å². The Hall–Kier alpha value is -0.720. The zero-order chi connectivity index (χ0) is 13.0. The Morgan fingerprint density at radius 1 is 1.47 bits per heavy atom. The van der Waals surface area contributed by atoms with Gasteiger partial charge in [0.2, 0.25) is 0 Å². The third kappa shape index (κ3) is 1.88. The lowest BCUT2D eigenvalue weighted by Crippen LogP contribution is -2.43. The van der Waals surface area contributed by atoms with Crippen LogP contribution in [0.2, 0.25) is 0 Å². The van der Waals surface area contributed by atoms with E-state index in [2.05, 4.69) is 38.5 Å². The van der Waals surface area contributed by atoms with Crippen LogP contribution < -0.4 is 5.73 Å². The van der Waals surface area contributed by atoms with Crippen LogP contribution in [0, 0.1) is 5.92 Å². The molecule has 4 nitrogen and oxygen atoms in total. The molecule has 0 unspecified atom stereocenters. The smallest absolute Gasteiger partial charge is 0.123 e. The van der Waals surface area contributed by atoms with Gasteiger partial charge in [-0.3, -0.25) is 0 Å². The van der Waals surface area contributed by atoms with Crippen LogP contribution in [-0.4, -0.2) is 20.5 Å². The molecule has 2 aromatic rings. The fourth-order valence-corrected chi connectivity index (χ4v) is 4.97. The molecule has 2 aromatic heterocycles. The number of rotatable bonds is 2. The van der Waals surface area contributed by atoms with E-state index in [1.165, 1.54) is 6.42 Å². The minimum Gasteiger partial charge on any atom is -0.323 e. The second-order valence-corrected chi connectivity index (χ2v) is 8.24. The molecule has 0 spiro atoms. The molecule has 2 aliphatic rings. The predicted octanol–water partition coefficient (Wildman–Crippen LogP) is 3.21. The first-order valence-electron chi connectivity index (χ1n) is 6.60. The third-order valence-electron chi connectivity index (χ3n) is 4.56. The molecule has 0 amide bonds. The maximum absolute atomic E-state index is 6.53. The van der Waals surface area contributed by atoms with Gasteiger partial charge in [-0.25, -0.2) is 4.68 Å². The lowest BCUT2D eigenvalue weighted by atomic mass is 9.89. The van der Waals surface area contributed by atoms with Gasteiger partial charge in [0.15, 0.2) is 0 Å². The van der Waals surface area contributed by atoms with E-state index in [9.17, 15) is 0 Å². The number of fused-ring (bicyclic) bond motifs is 2. The molecule has 2 saturated carbocycles. The van der Waals surface area contributed by atoms with Gasteiger partial charge in [0.05, 0.1) is 20.9 Å². The maximum Gasteiger partial charge on any atom is 0.123 e. The zero-order valence-electron chi connectivity index (χ0n) is 10.4. The second-order valence-electron chi connectivity index (χ2n) is 5.78. The minimum absolute atomic E-state index is 0.0499. The Balaban J connectivity index is 1.65. The lowest BCUT2D eigenvalue weighted by Gasteiger charge is -2.30. The molecule has 3 atom stereocenters. The van der Waals surface area contributed by atoms with Gasteiger partial charge in [-0.05, 0) is 59.7 Å². The van der Waals surface area contributed by atoms with E-state index >= 15 is 0 Å². The number of thiophene rings is 1. The average molecular weight is 339 g/mol. The summed E-state index contributed by atoms with van der Waals surface area (Å²) in [6.07, 6.45) is 6.78. The van der Waals surface area contributed by atoms with Gasteiger partial charge in [0, 0.05) is 5.54 Å². The molecule has 0 aliphatic heterocycles. The number of hydrogen-bond donors (Lipinski definition) is 1. The van der Waals surface area contributed by atoms with Crippen LogP contribution in [0.4, 0.5) is 0 Å². The van der Waals surface area contributed by atoms with Crippen molar-refractivity contribution in [3.05, 3.63) is 22.1 Å². The fraction of sp³-hybridized carbons (Fsp3) is 0.538. The highest BCUT2D eigenvalue weighted by Crippen LogP contribution is 2.52. The van der Waals surface area contributed by atoms with Crippen molar-refractivity contribution in [1.82, 2.24) is 15.0 Å². The topological polar surface area (TPSA) is 56.7 Å². The Morgan fingerprint density at radius 2 is 2.37 bits per heavy atom. The van der Waals surface area contributed by atoms with Crippen LogP contribution in [0.5, 0.6) is 0 Å². The van der Waals surface area contributed by atoms with Gasteiger partial charge >= 0.3 is 0 Å². The summed E-state index contributed by atoms with van der Waals surface area (Å²) in [6, 6.07) is 4.44. The number of nitrogens with zero attached hydrogens (tertiary/aromatic N) is 3. The van der Waals surface area contributed by atoms with Gasteiger partial charge in [-0.1, -0.05) is 5.21 Å².